The van der Waals surface area contributed by atoms with Crippen molar-refractivity contribution in [3.05, 3.63) is 105 Å². The van der Waals surface area contributed by atoms with Crippen LogP contribution in [0.15, 0.2) is 65.5 Å². The standard InChI is InChI=1S/C24H23F2N3O2/c1-16-2-11-21(23(30)27-16)24(31)29-14-12-28(13-15-29)22(17-3-7-19(25)8-4-17)18-5-9-20(26)10-6-18/h2-11,22H,12-15H2,1H3,(H,27,30). The molecule has 1 amide bonds. The van der Waals surface area contributed by atoms with E-state index in [1.165, 1.54) is 24.3 Å². The summed E-state index contributed by atoms with van der Waals surface area (Å²) in [7, 11) is 0. The van der Waals surface area contributed by atoms with Gasteiger partial charge >= 0.3 is 0 Å². The molecular weight excluding hydrogens is 400 g/mol. The van der Waals surface area contributed by atoms with E-state index in [9.17, 15) is 18.4 Å². The second kappa shape index (κ2) is 8.81. The number of hydrogen-bond donors (Lipinski definition) is 1. The maximum absolute atomic E-state index is 13.5. The predicted molar refractivity (Wildman–Crippen MR) is 114 cm³/mol. The van der Waals surface area contributed by atoms with E-state index in [0.29, 0.717) is 31.9 Å². The van der Waals surface area contributed by atoms with Crippen molar-refractivity contribution in [1.82, 2.24) is 14.8 Å². The second-order valence-corrected chi connectivity index (χ2v) is 7.72. The SMILES string of the molecule is Cc1ccc(C(=O)N2CCN(C(c3ccc(F)cc3)c3ccc(F)cc3)CC2)c(=O)[nH]1. The van der Waals surface area contributed by atoms with Gasteiger partial charge in [-0.05, 0) is 54.4 Å². The van der Waals surface area contributed by atoms with Crippen LogP contribution in [0.1, 0.15) is 33.2 Å². The van der Waals surface area contributed by atoms with Gasteiger partial charge in [0.25, 0.3) is 11.5 Å². The van der Waals surface area contributed by atoms with Gasteiger partial charge < -0.3 is 9.88 Å². The van der Waals surface area contributed by atoms with Crippen LogP contribution in [0.25, 0.3) is 0 Å². The molecule has 160 valence electrons. The summed E-state index contributed by atoms with van der Waals surface area (Å²) in [4.78, 5) is 31.5. The lowest BCUT2D eigenvalue weighted by Crippen LogP contribution is -2.50. The number of aromatic amines is 1. The number of hydrogen-bond acceptors (Lipinski definition) is 3. The first-order chi connectivity index (χ1) is 14.9. The molecule has 1 aliphatic rings. The number of nitrogens with one attached hydrogen (secondary N) is 1. The molecule has 1 saturated heterocycles. The lowest BCUT2D eigenvalue weighted by atomic mass is 9.96. The minimum Gasteiger partial charge on any atom is -0.336 e. The van der Waals surface area contributed by atoms with Crippen LogP contribution in [0.4, 0.5) is 8.78 Å². The van der Waals surface area contributed by atoms with Crippen LogP contribution in [-0.4, -0.2) is 46.9 Å². The Labute approximate surface area is 178 Å². The molecule has 1 aliphatic heterocycles. The summed E-state index contributed by atoms with van der Waals surface area (Å²) in [5.41, 5.74) is 2.23. The van der Waals surface area contributed by atoms with Gasteiger partial charge in [0, 0.05) is 31.9 Å². The van der Waals surface area contributed by atoms with Gasteiger partial charge in [0.2, 0.25) is 0 Å². The van der Waals surface area contributed by atoms with Crippen LogP contribution in [0.2, 0.25) is 0 Å². The van der Waals surface area contributed by atoms with Gasteiger partial charge in [-0.1, -0.05) is 24.3 Å². The lowest BCUT2D eigenvalue weighted by Gasteiger charge is -2.39. The van der Waals surface area contributed by atoms with Gasteiger partial charge in [-0.3, -0.25) is 14.5 Å². The van der Waals surface area contributed by atoms with Crippen molar-refractivity contribution in [2.24, 2.45) is 0 Å². The van der Waals surface area contributed by atoms with E-state index in [-0.39, 0.29) is 34.7 Å². The van der Waals surface area contributed by atoms with E-state index >= 15 is 0 Å². The lowest BCUT2D eigenvalue weighted by molar-refractivity contribution is 0.0595. The highest BCUT2D eigenvalue weighted by Crippen LogP contribution is 2.30. The van der Waals surface area contributed by atoms with Gasteiger partial charge in [-0.25, -0.2) is 8.78 Å². The van der Waals surface area contributed by atoms with Crippen LogP contribution in [0.3, 0.4) is 0 Å². The number of benzene rings is 2. The Hall–Kier alpha value is -3.32. The Morgan fingerprint density at radius 1 is 0.839 bits per heavy atom. The Morgan fingerprint density at radius 2 is 1.35 bits per heavy atom. The van der Waals surface area contributed by atoms with Crippen LogP contribution in [0, 0.1) is 18.6 Å². The molecule has 7 heteroatoms. The molecule has 1 N–H and O–H groups in total. The molecule has 0 saturated carbocycles. The number of carbonyl (C=O) groups is 1. The summed E-state index contributed by atoms with van der Waals surface area (Å²) in [6, 6.07) is 15.6. The normalized spacial score (nSPS) is 14.8. The third-order valence-electron chi connectivity index (χ3n) is 5.62. The number of amides is 1. The molecule has 0 spiro atoms. The first-order valence-electron chi connectivity index (χ1n) is 10.2. The fourth-order valence-electron chi connectivity index (χ4n) is 4.00. The number of aryl methyl sites for hydroxylation is 1. The van der Waals surface area contributed by atoms with E-state index in [4.69, 9.17) is 0 Å². The minimum atomic E-state index is -0.386. The van der Waals surface area contributed by atoms with E-state index in [2.05, 4.69) is 9.88 Å². The number of carbonyl (C=O) groups excluding carboxylic acids is 1. The van der Waals surface area contributed by atoms with Crippen LogP contribution >= 0.6 is 0 Å². The first-order valence-corrected chi connectivity index (χ1v) is 10.2. The molecule has 0 unspecified atom stereocenters. The van der Waals surface area contributed by atoms with Crippen molar-refractivity contribution in [1.29, 1.82) is 0 Å². The maximum Gasteiger partial charge on any atom is 0.260 e. The predicted octanol–water partition coefficient (Wildman–Crippen LogP) is 3.51. The highest BCUT2D eigenvalue weighted by molar-refractivity contribution is 5.93. The van der Waals surface area contributed by atoms with Gasteiger partial charge in [-0.2, -0.15) is 0 Å². The molecule has 5 nitrogen and oxygen atoms in total. The number of piperazine rings is 1. The Balaban J connectivity index is 1.55. The average molecular weight is 423 g/mol. The molecular formula is C24H23F2N3O2. The highest BCUT2D eigenvalue weighted by Gasteiger charge is 2.29. The monoisotopic (exact) mass is 423 g/mol. The Kier molecular flexibility index (Phi) is 5.95. The molecule has 31 heavy (non-hydrogen) atoms. The Morgan fingerprint density at radius 3 is 1.84 bits per heavy atom. The van der Waals surface area contributed by atoms with E-state index < -0.39 is 0 Å². The van der Waals surface area contributed by atoms with E-state index in [0.717, 1.165) is 11.1 Å². The molecule has 2 heterocycles. The summed E-state index contributed by atoms with van der Waals surface area (Å²) in [6.07, 6.45) is 0. The zero-order valence-electron chi connectivity index (χ0n) is 17.1. The Bertz CT molecular complexity index is 1070. The molecule has 0 aliphatic carbocycles. The second-order valence-electron chi connectivity index (χ2n) is 7.72. The van der Waals surface area contributed by atoms with Crippen LogP contribution in [0.5, 0.6) is 0 Å². The molecule has 0 bridgehead atoms. The maximum atomic E-state index is 13.5. The molecule has 2 aromatic carbocycles. The first kappa shape index (κ1) is 20.9. The fourth-order valence-corrected chi connectivity index (χ4v) is 4.00. The largest absolute Gasteiger partial charge is 0.336 e. The van der Waals surface area contributed by atoms with Crippen LogP contribution < -0.4 is 5.56 Å². The zero-order chi connectivity index (χ0) is 22.0. The van der Waals surface area contributed by atoms with E-state index in [1.807, 2.05) is 0 Å². The molecule has 0 radical (unpaired) electrons. The molecule has 4 rings (SSSR count). The summed E-state index contributed by atoms with van der Waals surface area (Å²) >= 11 is 0. The smallest absolute Gasteiger partial charge is 0.260 e. The van der Waals surface area contributed by atoms with Crippen molar-refractivity contribution in [2.45, 2.75) is 13.0 Å². The van der Waals surface area contributed by atoms with Crippen molar-refractivity contribution in [3.63, 3.8) is 0 Å². The van der Waals surface area contributed by atoms with Crippen molar-refractivity contribution in [3.8, 4) is 0 Å². The number of H-pyrrole nitrogens is 1. The zero-order valence-corrected chi connectivity index (χ0v) is 17.1. The quantitative estimate of drug-likeness (QED) is 0.699. The number of rotatable bonds is 4. The third kappa shape index (κ3) is 4.56. The van der Waals surface area contributed by atoms with Gasteiger partial charge in [0.15, 0.2) is 0 Å². The summed E-state index contributed by atoms with van der Waals surface area (Å²) in [5, 5.41) is 0. The summed E-state index contributed by atoms with van der Waals surface area (Å²) in [6.45, 7) is 3.79. The molecule has 1 aromatic heterocycles. The fraction of sp³-hybridized carbons (Fsp3) is 0.250. The van der Waals surface area contributed by atoms with Gasteiger partial charge in [-0.15, -0.1) is 0 Å². The number of nitrogens with zero attached hydrogens (tertiary/aromatic N) is 2. The number of pyridine rings is 1. The number of aromatic nitrogens is 1. The van der Waals surface area contributed by atoms with Gasteiger partial charge in [0.05, 0.1) is 6.04 Å². The highest BCUT2D eigenvalue weighted by atomic mass is 19.1. The average Bonchev–Trinajstić information content (AvgIpc) is 2.77. The van der Waals surface area contributed by atoms with Crippen molar-refractivity contribution >= 4 is 5.91 Å². The van der Waals surface area contributed by atoms with Crippen molar-refractivity contribution < 1.29 is 13.6 Å². The van der Waals surface area contributed by atoms with Crippen molar-refractivity contribution in [2.75, 3.05) is 26.2 Å². The van der Waals surface area contributed by atoms with E-state index in [1.54, 1.807) is 48.2 Å². The summed E-state index contributed by atoms with van der Waals surface area (Å²) in [5.74, 6) is -0.929. The van der Waals surface area contributed by atoms with Crippen LogP contribution in [-0.2, 0) is 0 Å². The number of halogens is 2. The third-order valence-corrected chi connectivity index (χ3v) is 5.62. The summed E-state index contributed by atoms with van der Waals surface area (Å²) < 4.78 is 26.9. The molecule has 1 fully saturated rings. The minimum absolute atomic E-state index is 0.132. The van der Waals surface area contributed by atoms with Gasteiger partial charge in [0.1, 0.15) is 17.2 Å². The topological polar surface area (TPSA) is 56.4 Å². The molecule has 0 atom stereocenters. The molecule has 3 aromatic rings.